The second-order valence-corrected chi connectivity index (χ2v) is 16.8. The molecule has 0 saturated heterocycles. The summed E-state index contributed by atoms with van der Waals surface area (Å²) < 4.78 is 0. The van der Waals surface area contributed by atoms with Crippen molar-refractivity contribution in [1.29, 1.82) is 0 Å². The van der Waals surface area contributed by atoms with Gasteiger partial charge in [0.2, 0.25) is 11.8 Å². The molecule has 2 atom stereocenters. The number of benzene rings is 2. The smallest absolute Gasteiger partial charge is 0.254 e. The van der Waals surface area contributed by atoms with Crippen LogP contribution in [0.3, 0.4) is 0 Å². The summed E-state index contributed by atoms with van der Waals surface area (Å²) >= 11 is 0. The summed E-state index contributed by atoms with van der Waals surface area (Å²) in [6, 6.07) is 0. The van der Waals surface area contributed by atoms with Crippen LogP contribution in [0, 0.1) is 41.5 Å². The molecule has 0 spiro atoms. The number of rotatable bonds is 28. The van der Waals surface area contributed by atoms with E-state index in [1.807, 2.05) is 0 Å². The zero-order valence-corrected chi connectivity index (χ0v) is 41.5. The molecule has 2 aromatic rings. The van der Waals surface area contributed by atoms with Gasteiger partial charge >= 0.3 is 0 Å². The molecule has 23 heteroatoms. The summed E-state index contributed by atoms with van der Waals surface area (Å²) in [5.74, 6) is -4.50. The summed E-state index contributed by atoms with van der Waals surface area (Å²) in [7, 11) is 0. The molecule has 11 N–H and O–H groups in total. The van der Waals surface area contributed by atoms with Crippen LogP contribution in [0.5, 0.6) is 0 Å². The molecule has 0 fully saturated rings. The largest absolute Gasteiger partial charge is 0.395 e. The lowest BCUT2D eigenvalue weighted by molar-refractivity contribution is -0.117. The molecule has 0 aliphatic rings. The maximum atomic E-state index is 14.2. The van der Waals surface area contributed by atoms with Crippen molar-refractivity contribution in [3.63, 3.8) is 0 Å². The van der Waals surface area contributed by atoms with Gasteiger partial charge in [0.1, 0.15) is 18.3 Å². The molecule has 0 aliphatic carbocycles. The summed E-state index contributed by atoms with van der Waals surface area (Å²) in [5.41, 5.74) is 0.142. The van der Waals surface area contributed by atoms with Crippen LogP contribution in [-0.4, -0.2) is 248 Å². The molecular formula is C47H74N6O17. The maximum Gasteiger partial charge on any atom is 0.254 e. The molecule has 70 heavy (non-hydrogen) atoms. The number of aliphatic hydroxyl groups excluding tert-OH is 11. The van der Waals surface area contributed by atoms with Crippen LogP contribution in [0.1, 0.15) is 88.7 Å². The summed E-state index contributed by atoms with van der Waals surface area (Å²) in [6.45, 7) is 3.69. The Kier molecular flexibility index (Phi) is 24.9. The van der Waals surface area contributed by atoms with E-state index >= 15 is 0 Å². The van der Waals surface area contributed by atoms with E-state index in [0.29, 0.717) is 0 Å². The van der Waals surface area contributed by atoms with E-state index in [1.54, 1.807) is 0 Å². The topological polar surface area (TPSA) is 344 Å². The van der Waals surface area contributed by atoms with Gasteiger partial charge in [-0.25, -0.2) is 0 Å². The van der Waals surface area contributed by atoms with Crippen molar-refractivity contribution in [2.24, 2.45) is 0 Å². The fourth-order valence-electron chi connectivity index (χ4n) is 8.96. The zero-order chi connectivity index (χ0) is 53.3. The quantitative estimate of drug-likeness (QED) is 0.0399. The average Bonchev–Trinajstić information content (AvgIpc) is 3.29. The molecule has 0 aromatic heterocycles. The molecule has 0 saturated carbocycles. The first-order chi connectivity index (χ1) is 33.0. The Balaban J connectivity index is 2.91. The Morgan fingerprint density at radius 3 is 0.700 bits per heavy atom. The minimum atomic E-state index is -2.16. The first-order valence-electron chi connectivity index (χ1n) is 23.0. The number of carbonyl (C=O) groups is 6. The molecule has 0 aliphatic heterocycles. The number of nitrogens with zero attached hydrogens (tertiary/aromatic N) is 6. The van der Waals surface area contributed by atoms with Gasteiger partial charge < -0.3 is 85.6 Å². The second-order valence-electron chi connectivity index (χ2n) is 16.8. The van der Waals surface area contributed by atoms with Gasteiger partial charge in [0.15, 0.2) is 0 Å². The van der Waals surface area contributed by atoms with Crippen molar-refractivity contribution in [3.8, 4) is 0 Å². The van der Waals surface area contributed by atoms with E-state index in [1.165, 1.54) is 41.5 Å². The minimum absolute atomic E-state index is 0.0648. The van der Waals surface area contributed by atoms with Gasteiger partial charge in [-0.15, -0.1) is 0 Å². The zero-order valence-electron chi connectivity index (χ0n) is 41.5. The lowest BCUT2D eigenvalue weighted by Gasteiger charge is -2.35. The molecule has 394 valence electrons. The Bertz CT molecular complexity index is 1870. The monoisotopic (exact) mass is 995 g/mol. The van der Waals surface area contributed by atoms with E-state index in [4.69, 9.17) is 0 Å². The van der Waals surface area contributed by atoms with Crippen molar-refractivity contribution in [3.05, 3.63) is 55.6 Å². The number of amides is 6. The van der Waals surface area contributed by atoms with Crippen LogP contribution in [0.15, 0.2) is 0 Å². The van der Waals surface area contributed by atoms with Crippen LogP contribution in [0.4, 0.5) is 11.4 Å². The van der Waals surface area contributed by atoms with Crippen molar-refractivity contribution in [2.45, 2.75) is 73.7 Å². The third-order valence-electron chi connectivity index (χ3n) is 12.2. The first-order valence-corrected chi connectivity index (χ1v) is 23.0. The average molecular weight is 995 g/mol. The fourth-order valence-corrected chi connectivity index (χ4v) is 8.96. The third kappa shape index (κ3) is 14.0. The van der Waals surface area contributed by atoms with Gasteiger partial charge in [0.25, 0.3) is 23.6 Å². The van der Waals surface area contributed by atoms with Crippen LogP contribution < -0.4 is 9.80 Å². The van der Waals surface area contributed by atoms with Crippen molar-refractivity contribution >= 4 is 46.8 Å². The van der Waals surface area contributed by atoms with E-state index < -0.39 is 120 Å². The van der Waals surface area contributed by atoms with E-state index in [2.05, 4.69) is 0 Å². The Morgan fingerprint density at radius 1 is 0.357 bits per heavy atom. The van der Waals surface area contributed by atoms with Gasteiger partial charge in [0.05, 0.1) is 77.3 Å². The molecule has 0 radical (unpaired) electrons. The Labute approximate surface area is 408 Å². The number of aliphatic hydroxyl groups is 11. The number of anilines is 2. The highest BCUT2D eigenvalue weighted by Gasteiger charge is 2.37. The van der Waals surface area contributed by atoms with E-state index in [9.17, 15) is 84.9 Å². The molecule has 2 aromatic carbocycles. The maximum absolute atomic E-state index is 14.2. The third-order valence-corrected chi connectivity index (χ3v) is 12.2. The van der Waals surface area contributed by atoms with Crippen molar-refractivity contribution < 1.29 is 84.9 Å². The van der Waals surface area contributed by atoms with E-state index in [0.717, 1.165) is 43.2 Å². The van der Waals surface area contributed by atoms with Crippen molar-refractivity contribution in [2.75, 3.05) is 128 Å². The summed E-state index contributed by atoms with van der Waals surface area (Å²) in [6.07, 6.45) is -6.22. The molecule has 2 rings (SSSR count). The normalized spacial score (nSPS) is 12.6. The standard InChI is InChI=1S/C47H74N6O17/c1-27-37(44(67)48(9-17-54)10-18-55)29(3)41(30(4)38(27)45(68)49(11-19-56)12-20-57)52(33(7)62)25-35(64)43(66)36(65)26-53(34(8)63)42-31(5)39(46(69)50(13-21-58)14-22-59)28(2)40(32(42)6)47(70)51(15-23-60)16-24-61/h35-36,43,54-61,64-66H,9-26H2,1-8H3. The molecule has 0 bridgehead atoms. The van der Waals surface area contributed by atoms with Gasteiger partial charge in [-0.3, -0.25) is 28.8 Å². The van der Waals surface area contributed by atoms with Crippen LogP contribution >= 0.6 is 0 Å². The minimum Gasteiger partial charge on any atom is -0.395 e. The molecule has 2 unspecified atom stereocenters. The summed E-state index contributed by atoms with van der Waals surface area (Å²) in [5, 5.41) is 113. The highest BCUT2D eigenvalue weighted by Crippen LogP contribution is 2.38. The lowest BCUT2D eigenvalue weighted by atomic mass is 9.88. The number of carbonyl (C=O) groups excluding carboxylic acids is 6. The van der Waals surface area contributed by atoms with Crippen LogP contribution in [0.2, 0.25) is 0 Å². The van der Waals surface area contributed by atoms with Gasteiger partial charge in [-0.2, -0.15) is 0 Å². The van der Waals surface area contributed by atoms with Gasteiger partial charge in [-0.1, -0.05) is 0 Å². The lowest BCUT2D eigenvalue weighted by Crippen LogP contribution is -2.51. The first kappa shape index (κ1) is 60.9. The molecular weight excluding hydrogens is 921 g/mol. The van der Waals surface area contributed by atoms with Crippen molar-refractivity contribution in [1.82, 2.24) is 19.6 Å². The molecule has 6 amide bonds. The Hall–Kier alpha value is -5.18. The Morgan fingerprint density at radius 2 is 0.543 bits per heavy atom. The molecule has 0 heterocycles. The highest BCUT2D eigenvalue weighted by atomic mass is 16.4. The fraction of sp³-hybridized carbons (Fsp3) is 0.617. The van der Waals surface area contributed by atoms with Gasteiger partial charge in [0, 0.05) is 88.5 Å². The van der Waals surface area contributed by atoms with Gasteiger partial charge in [-0.05, 0) is 74.9 Å². The number of hydrogen-bond donors (Lipinski definition) is 11. The SMILES string of the molecule is CC(=O)N(CC(O)C(O)C(O)CN(C(C)=O)c1c(C)c(C(=O)N(CCO)CCO)c(C)c(C(=O)N(CCO)CCO)c1C)c1c(C)c(C(=O)N(CCO)CCO)c(C)c(C(=O)N(CCO)CCO)c1C. The van der Waals surface area contributed by atoms with Crippen LogP contribution in [0.25, 0.3) is 0 Å². The molecule has 23 nitrogen and oxygen atoms in total. The predicted octanol–water partition coefficient (Wildman–Crippen LogP) is -3.27. The van der Waals surface area contributed by atoms with Crippen LogP contribution in [-0.2, 0) is 9.59 Å². The predicted molar refractivity (Wildman–Crippen MR) is 256 cm³/mol. The van der Waals surface area contributed by atoms with E-state index in [-0.39, 0.29) is 119 Å². The number of hydrogen-bond acceptors (Lipinski definition) is 17. The highest BCUT2D eigenvalue weighted by molar-refractivity contribution is 6.09. The second kappa shape index (κ2) is 28.6. The summed E-state index contributed by atoms with van der Waals surface area (Å²) in [4.78, 5) is 90.8.